The summed E-state index contributed by atoms with van der Waals surface area (Å²) in [6.07, 6.45) is 6.54. The van der Waals surface area contributed by atoms with Crippen molar-refractivity contribution in [3.05, 3.63) is 0 Å². The summed E-state index contributed by atoms with van der Waals surface area (Å²) in [5, 5.41) is 0. The van der Waals surface area contributed by atoms with Gasteiger partial charge in [0.15, 0.2) is 0 Å². The van der Waals surface area contributed by atoms with Crippen LogP contribution in [0.2, 0.25) is 0 Å². The maximum Gasteiger partial charge on any atom is 0.0329 e. The Morgan fingerprint density at radius 3 is 2.16 bits per heavy atom. The number of nitrogens with two attached hydrogens (primary N) is 1. The van der Waals surface area contributed by atoms with Gasteiger partial charge in [-0.1, -0.05) is 41.0 Å². The monoisotopic (exact) mass is 268 g/mol. The molecular formula is C17H36N2. The van der Waals surface area contributed by atoms with Crippen LogP contribution in [0.5, 0.6) is 0 Å². The maximum absolute atomic E-state index is 6.16. The molecule has 1 aliphatic carbocycles. The fourth-order valence-corrected chi connectivity index (χ4v) is 3.71. The lowest BCUT2D eigenvalue weighted by atomic mass is 9.65. The first-order chi connectivity index (χ1) is 8.77. The average Bonchev–Trinajstić information content (AvgIpc) is 2.38. The fraction of sp³-hybridized carbons (Fsp3) is 1.00. The van der Waals surface area contributed by atoms with E-state index in [0.717, 1.165) is 18.4 Å². The third-order valence-electron chi connectivity index (χ3n) is 5.76. The maximum atomic E-state index is 6.16. The van der Waals surface area contributed by atoms with Gasteiger partial charge in [0.1, 0.15) is 0 Å². The molecule has 0 bridgehead atoms. The minimum absolute atomic E-state index is 0.268. The van der Waals surface area contributed by atoms with Crippen molar-refractivity contribution in [2.24, 2.45) is 23.0 Å². The van der Waals surface area contributed by atoms with E-state index in [0.29, 0.717) is 5.41 Å². The zero-order valence-electron chi connectivity index (χ0n) is 14.1. The number of hydrogen-bond donors (Lipinski definition) is 1. The highest BCUT2D eigenvalue weighted by atomic mass is 15.2. The summed E-state index contributed by atoms with van der Waals surface area (Å²) in [5.74, 6) is 1.60. The molecule has 0 unspecified atom stereocenters. The van der Waals surface area contributed by atoms with E-state index >= 15 is 0 Å². The van der Waals surface area contributed by atoms with E-state index in [1.807, 2.05) is 0 Å². The second kappa shape index (κ2) is 6.58. The summed E-state index contributed by atoms with van der Waals surface area (Å²) in [6, 6.07) is 0. The lowest BCUT2D eigenvalue weighted by molar-refractivity contribution is 0.0263. The van der Waals surface area contributed by atoms with Gasteiger partial charge >= 0.3 is 0 Å². The molecule has 1 fully saturated rings. The molecule has 19 heavy (non-hydrogen) atoms. The minimum Gasteiger partial charge on any atom is -0.329 e. The molecule has 0 amide bonds. The Hall–Kier alpha value is -0.0800. The van der Waals surface area contributed by atoms with Crippen LogP contribution < -0.4 is 5.73 Å². The Labute approximate surface area is 121 Å². The predicted octanol–water partition coefficient (Wildman–Crippen LogP) is 3.90. The third kappa shape index (κ3) is 3.95. The zero-order valence-corrected chi connectivity index (χ0v) is 14.1. The van der Waals surface area contributed by atoms with Crippen LogP contribution in [-0.2, 0) is 0 Å². The molecule has 2 nitrogen and oxygen atoms in total. The molecule has 0 atom stereocenters. The van der Waals surface area contributed by atoms with Crippen molar-refractivity contribution in [3.8, 4) is 0 Å². The number of nitrogens with zero attached hydrogens (tertiary/aromatic N) is 1. The first kappa shape index (κ1) is 17.0. The largest absolute Gasteiger partial charge is 0.329 e. The first-order valence-electron chi connectivity index (χ1n) is 8.18. The van der Waals surface area contributed by atoms with Crippen LogP contribution in [0.15, 0.2) is 0 Å². The lowest BCUT2D eigenvalue weighted by Gasteiger charge is -2.49. The minimum atomic E-state index is 0.268. The highest BCUT2D eigenvalue weighted by molar-refractivity contribution is 4.97. The highest BCUT2D eigenvalue weighted by Gasteiger charge is 2.41. The van der Waals surface area contributed by atoms with Crippen molar-refractivity contribution in [1.82, 2.24) is 4.90 Å². The molecule has 0 radical (unpaired) electrons. The van der Waals surface area contributed by atoms with Crippen LogP contribution >= 0.6 is 0 Å². The van der Waals surface area contributed by atoms with Crippen LogP contribution in [0.4, 0.5) is 0 Å². The van der Waals surface area contributed by atoms with Gasteiger partial charge in [-0.15, -0.1) is 0 Å². The summed E-state index contributed by atoms with van der Waals surface area (Å²) in [4.78, 5) is 2.55. The van der Waals surface area contributed by atoms with E-state index in [2.05, 4.69) is 46.6 Å². The molecule has 0 aromatic rings. The Balaban J connectivity index is 2.67. The van der Waals surface area contributed by atoms with Gasteiger partial charge in [0.25, 0.3) is 0 Å². The van der Waals surface area contributed by atoms with Crippen LogP contribution in [0.3, 0.4) is 0 Å². The first-order valence-corrected chi connectivity index (χ1v) is 8.18. The van der Waals surface area contributed by atoms with Gasteiger partial charge in [0.2, 0.25) is 0 Å². The SMILES string of the molecule is CCC(C)(C)C1CCC(CN)(N(C)CC(C)C)CC1. The molecular weight excluding hydrogens is 232 g/mol. The van der Waals surface area contributed by atoms with Crippen molar-refractivity contribution in [2.75, 3.05) is 20.1 Å². The molecule has 0 aliphatic heterocycles. The van der Waals surface area contributed by atoms with Gasteiger partial charge in [-0.05, 0) is 50.0 Å². The second-order valence-corrected chi connectivity index (χ2v) is 7.82. The Kier molecular flexibility index (Phi) is 5.88. The van der Waals surface area contributed by atoms with Crippen molar-refractivity contribution in [1.29, 1.82) is 0 Å². The molecule has 1 rings (SSSR count). The van der Waals surface area contributed by atoms with Crippen LogP contribution in [0.1, 0.15) is 66.7 Å². The number of rotatable bonds is 6. The molecule has 0 aromatic heterocycles. The van der Waals surface area contributed by atoms with E-state index in [4.69, 9.17) is 5.73 Å². The van der Waals surface area contributed by atoms with E-state index in [1.54, 1.807) is 0 Å². The molecule has 0 spiro atoms. The summed E-state index contributed by atoms with van der Waals surface area (Å²) < 4.78 is 0. The predicted molar refractivity (Wildman–Crippen MR) is 85.3 cm³/mol. The molecule has 1 aliphatic rings. The summed E-state index contributed by atoms with van der Waals surface area (Å²) in [7, 11) is 2.28. The molecule has 0 aromatic carbocycles. The van der Waals surface area contributed by atoms with Crippen molar-refractivity contribution >= 4 is 0 Å². The lowest BCUT2D eigenvalue weighted by Crippen LogP contribution is -2.55. The Morgan fingerprint density at radius 2 is 1.79 bits per heavy atom. The highest BCUT2D eigenvalue weighted by Crippen LogP contribution is 2.44. The van der Waals surface area contributed by atoms with Crippen LogP contribution in [0, 0.1) is 17.3 Å². The summed E-state index contributed by atoms with van der Waals surface area (Å²) >= 11 is 0. The molecule has 1 saturated carbocycles. The Bertz CT molecular complexity index is 262. The van der Waals surface area contributed by atoms with E-state index in [1.165, 1.54) is 38.6 Å². The topological polar surface area (TPSA) is 29.3 Å². The number of hydrogen-bond acceptors (Lipinski definition) is 2. The van der Waals surface area contributed by atoms with Crippen molar-refractivity contribution < 1.29 is 0 Å². The van der Waals surface area contributed by atoms with Gasteiger partial charge in [0.05, 0.1) is 0 Å². The van der Waals surface area contributed by atoms with Crippen molar-refractivity contribution in [2.45, 2.75) is 72.3 Å². The van der Waals surface area contributed by atoms with Crippen LogP contribution in [0.25, 0.3) is 0 Å². The van der Waals surface area contributed by atoms with Crippen molar-refractivity contribution in [3.63, 3.8) is 0 Å². The van der Waals surface area contributed by atoms with Gasteiger partial charge in [-0.2, -0.15) is 0 Å². The summed E-state index contributed by atoms with van der Waals surface area (Å²) in [6.45, 7) is 13.8. The van der Waals surface area contributed by atoms with Gasteiger partial charge in [0, 0.05) is 18.6 Å². The Morgan fingerprint density at radius 1 is 1.26 bits per heavy atom. The molecule has 2 heteroatoms. The normalized spacial score (nSPS) is 29.2. The molecule has 2 N–H and O–H groups in total. The quantitative estimate of drug-likeness (QED) is 0.791. The fourth-order valence-electron chi connectivity index (χ4n) is 3.71. The number of likely N-dealkylation sites (N-methyl/N-ethyl adjacent to an activating group) is 1. The zero-order chi connectivity index (χ0) is 14.7. The molecule has 114 valence electrons. The third-order valence-corrected chi connectivity index (χ3v) is 5.76. The van der Waals surface area contributed by atoms with E-state index in [9.17, 15) is 0 Å². The molecule has 0 saturated heterocycles. The van der Waals surface area contributed by atoms with Crippen LogP contribution in [-0.4, -0.2) is 30.6 Å². The summed E-state index contributed by atoms with van der Waals surface area (Å²) in [5.41, 5.74) is 6.93. The smallest absolute Gasteiger partial charge is 0.0329 e. The second-order valence-electron chi connectivity index (χ2n) is 7.82. The van der Waals surface area contributed by atoms with E-state index < -0.39 is 0 Å². The molecule has 0 heterocycles. The van der Waals surface area contributed by atoms with Gasteiger partial charge in [-0.25, -0.2) is 0 Å². The van der Waals surface area contributed by atoms with E-state index in [-0.39, 0.29) is 5.54 Å². The average molecular weight is 268 g/mol. The van der Waals surface area contributed by atoms with Gasteiger partial charge < -0.3 is 5.73 Å². The van der Waals surface area contributed by atoms with Gasteiger partial charge in [-0.3, -0.25) is 4.90 Å². The standard InChI is InChI=1S/C17H36N2/c1-7-16(4,5)15-8-10-17(13-18,11-9-15)19(6)12-14(2)3/h14-15H,7-13,18H2,1-6H3.